The van der Waals surface area contributed by atoms with Gasteiger partial charge in [0.1, 0.15) is 16.7 Å². The molecule has 1 aliphatic heterocycles. The number of anilines is 2. The summed E-state index contributed by atoms with van der Waals surface area (Å²) >= 11 is 0. The van der Waals surface area contributed by atoms with Crippen molar-refractivity contribution in [3.8, 4) is 5.75 Å². The first-order valence-electron chi connectivity index (χ1n) is 13.4. The summed E-state index contributed by atoms with van der Waals surface area (Å²) in [5.74, 6) is -0.280. The van der Waals surface area contributed by atoms with Crippen LogP contribution in [0.3, 0.4) is 0 Å². The van der Waals surface area contributed by atoms with E-state index in [0.717, 1.165) is 11.1 Å². The Balaban J connectivity index is 1.45. The lowest BCUT2D eigenvalue weighted by Gasteiger charge is -2.27. The molecule has 2 amide bonds. The number of amides is 2. The molecule has 0 radical (unpaired) electrons. The molecule has 2 aromatic heterocycles. The van der Waals surface area contributed by atoms with E-state index in [4.69, 9.17) is 4.42 Å². The zero-order valence-electron chi connectivity index (χ0n) is 23.3. The van der Waals surface area contributed by atoms with Crippen LogP contribution < -0.4 is 15.4 Å². The molecule has 0 saturated carbocycles. The Hall–Kier alpha value is -4.37. The van der Waals surface area contributed by atoms with Crippen LogP contribution in [-0.4, -0.2) is 46.5 Å². The third-order valence-corrected chi connectivity index (χ3v) is 7.60. The van der Waals surface area contributed by atoms with Gasteiger partial charge in [0.15, 0.2) is 0 Å². The van der Waals surface area contributed by atoms with Crippen LogP contribution >= 0.6 is 0 Å². The molecule has 0 bridgehead atoms. The molecular weight excluding hydrogens is 508 g/mol. The Bertz CT molecular complexity index is 1640. The van der Waals surface area contributed by atoms with E-state index >= 15 is 0 Å². The Kier molecular flexibility index (Phi) is 7.25. The first kappa shape index (κ1) is 27.2. The molecule has 0 atom stereocenters. The lowest BCUT2D eigenvalue weighted by Crippen LogP contribution is -2.47. The van der Waals surface area contributed by atoms with Crippen molar-refractivity contribution < 1.29 is 19.1 Å². The van der Waals surface area contributed by atoms with Crippen molar-refractivity contribution in [1.29, 1.82) is 0 Å². The molecule has 2 aromatic carbocycles. The van der Waals surface area contributed by atoms with E-state index < -0.39 is 5.41 Å². The van der Waals surface area contributed by atoms with Gasteiger partial charge in [0.05, 0.1) is 23.0 Å². The summed E-state index contributed by atoms with van der Waals surface area (Å²) in [6.45, 7) is 7.77. The van der Waals surface area contributed by atoms with Crippen molar-refractivity contribution in [2.45, 2.75) is 40.4 Å². The van der Waals surface area contributed by atoms with E-state index in [2.05, 4.69) is 4.90 Å². The fourth-order valence-electron chi connectivity index (χ4n) is 5.36. The van der Waals surface area contributed by atoms with Crippen molar-refractivity contribution in [1.82, 2.24) is 9.47 Å². The van der Waals surface area contributed by atoms with Gasteiger partial charge in [-0.15, -0.1) is 0 Å². The molecule has 208 valence electrons. The summed E-state index contributed by atoms with van der Waals surface area (Å²) in [7, 11) is 1.71. The maximum absolute atomic E-state index is 13.3. The van der Waals surface area contributed by atoms with Gasteiger partial charge >= 0.3 is 0 Å². The predicted octanol–water partition coefficient (Wildman–Crippen LogP) is 4.36. The fraction of sp³-hybridized carbons (Fsp3) is 0.323. The molecule has 4 aromatic rings. The Morgan fingerprint density at radius 1 is 0.925 bits per heavy atom. The van der Waals surface area contributed by atoms with Gasteiger partial charge in [-0.05, 0) is 68.3 Å². The van der Waals surface area contributed by atoms with Gasteiger partial charge in [0.2, 0.25) is 11.8 Å². The monoisotopic (exact) mass is 542 g/mol. The highest BCUT2D eigenvalue weighted by Gasteiger charge is 2.45. The highest BCUT2D eigenvalue weighted by atomic mass is 16.3. The van der Waals surface area contributed by atoms with Crippen LogP contribution in [0.2, 0.25) is 0 Å². The second-order valence-electron chi connectivity index (χ2n) is 10.8. The number of phenolic OH excluding ortho intramolecular Hbond substituents is 1. The SMILES string of the molecule is CCN1C(=O)C(C)(C)C(=O)N(C)c2cc(CN(CCn3ccc4occc4c3=O)Cc3cccc(O)c3)ccc21. The van der Waals surface area contributed by atoms with Crippen molar-refractivity contribution in [2.75, 3.05) is 29.9 Å². The molecule has 9 heteroatoms. The van der Waals surface area contributed by atoms with E-state index in [9.17, 15) is 19.5 Å². The number of nitrogens with zero attached hydrogens (tertiary/aromatic N) is 4. The first-order valence-corrected chi connectivity index (χ1v) is 13.4. The topological polar surface area (TPSA) is 99.2 Å². The van der Waals surface area contributed by atoms with Gasteiger partial charge < -0.3 is 23.9 Å². The van der Waals surface area contributed by atoms with Crippen LogP contribution in [0.15, 0.2) is 76.3 Å². The number of fused-ring (bicyclic) bond motifs is 2. The van der Waals surface area contributed by atoms with Crippen LogP contribution in [0, 0.1) is 5.41 Å². The lowest BCUT2D eigenvalue weighted by molar-refractivity contribution is -0.137. The summed E-state index contributed by atoms with van der Waals surface area (Å²) in [6.07, 6.45) is 3.25. The highest BCUT2D eigenvalue weighted by molar-refractivity contribution is 6.19. The van der Waals surface area contributed by atoms with E-state index in [1.54, 1.807) is 71.8 Å². The average molecular weight is 543 g/mol. The molecule has 1 aliphatic rings. The minimum atomic E-state index is -1.17. The zero-order chi connectivity index (χ0) is 28.6. The molecule has 9 nitrogen and oxygen atoms in total. The summed E-state index contributed by atoms with van der Waals surface area (Å²) in [5, 5.41) is 10.6. The molecule has 0 saturated heterocycles. The van der Waals surface area contributed by atoms with Gasteiger partial charge in [0, 0.05) is 46.0 Å². The maximum Gasteiger partial charge on any atom is 0.261 e. The molecule has 5 rings (SSSR count). The summed E-state index contributed by atoms with van der Waals surface area (Å²) in [5.41, 5.74) is 2.56. The fourth-order valence-corrected chi connectivity index (χ4v) is 5.36. The number of rotatable bonds is 8. The quantitative estimate of drug-likeness (QED) is 0.332. The van der Waals surface area contributed by atoms with Gasteiger partial charge in [-0.3, -0.25) is 19.3 Å². The Morgan fingerprint density at radius 2 is 1.68 bits per heavy atom. The molecule has 0 fully saturated rings. The largest absolute Gasteiger partial charge is 0.508 e. The number of hydrogen-bond donors (Lipinski definition) is 1. The Labute approximate surface area is 232 Å². The average Bonchev–Trinajstić information content (AvgIpc) is 3.41. The van der Waals surface area contributed by atoms with Crippen molar-refractivity contribution >= 4 is 34.2 Å². The van der Waals surface area contributed by atoms with Crippen LogP contribution in [0.1, 0.15) is 31.9 Å². The number of pyridine rings is 1. The van der Waals surface area contributed by atoms with Gasteiger partial charge in [0.25, 0.3) is 5.56 Å². The normalized spacial score (nSPS) is 15.1. The molecule has 0 unspecified atom stereocenters. The minimum Gasteiger partial charge on any atom is -0.508 e. The van der Waals surface area contributed by atoms with E-state index in [1.165, 1.54) is 6.26 Å². The zero-order valence-corrected chi connectivity index (χ0v) is 23.3. The number of carbonyl (C=O) groups is 2. The predicted molar refractivity (Wildman–Crippen MR) is 154 cm³/mol. The summed E-state index contributed by atoms with van der Waals surface area (Å²) in [4.78, 5) is 44.9. The molecule has 0 spiro atoms. The number of aromatic hydroxyl groups is 1. The van der Waals surface area contributed by atoms with Gasteiger partial charge in [-0.1, -0.05) is 18.2 Å². The number of carbonyl (C=O) groups excluding carboxylic acids is 2. The van der Waals surface area contributed by atoms with Crippen LogP contribution in [-0.2, 0) is 29.2 Å². The maximum atomic E-state index is 13.3. The highest BCUT2D eigenvalue weighted by Crippen LogP contribution is 2.39. The smallest absolute Gasteiger partial charge is 0.261 e. The standard InChI is InChI=1S/C31H34N4O5/c1-5-35-25-10-9-22(18-26(25)32(4)29(38)31(2,3)30(35)39)20-33(19-21-7-6-8-23(36)17-21)14-15-34-13-11-27-24(28(34)37)12-16-40-27/h6-13,16-18,36H,5,14-15,19-20H2,1-4H3. The molecular formula is C31H34N4O5. The van der Waals surface area contributed by atoms with Gasteiger partial charge in [-0.2, -0.15) is 0 Å². The van der Waals surface area contributed by atoms with Crippen LogP contribution in [0.25, 0.3) is 11.0 Å². The molecule has 40 heavy (non-hydrogen) atoms. The first-order chi connectivity index (χ1) is 19.1. The number of phenols is 1. The number of hydrogen-bond acceptors (Lipinski definition) is 6. The third-order valence-electron chi connectivity index (χ3n) is 7.60. The van der Waals surface area contributed by atoms with Crippen molar-refractivity contribution in [3.63, 3.8) is 0 Å². The number of benzene rings is 2. The van der Waals surface area contributed by atoms with E-state index in [1.807, 2.05) is 31.2 Å². The van der Waals surface area contributed by atoms with Gasteiger partial charge in [-0.25, -0.2) is 0 Å². The minimum absolute atomic E-state index is 0.110. The van der Waals surface area contributed by atoms with E-state index in [-0.39, 0.29) is 23.1 Å². The second kappa shape index (κ2) is 10.7. The van der Waals surface area contributed by atoms with Crippen LogP contribution in [0.5, 0.6) is 5.75 Å². The lowest BCUT2D eigenvalue weighted by atomic mass is 9.90. The van der Waals surface area contributed by atoms with Crippen LogP contribution in [0.4, 0.5) is 11.4 Å². The van der Waals surface area contributed by atoms with Crippen molar-refractivity contribution in [3.05, 3.63) is 88.5 Å². The van der Waals surface area contributed by atoms with Crippen molar-refractivity contribution in [2.24, 2.45) is 5.41 Å². The Morgan fingerprint density at radius 3 is 2.40 bits per heavy atom. The number of aromatic nitrogens is 1. The second-order valence-corrected chi connectivity index (χ2v) is 10.8. The molecule has 0 aliphatic carbocycles. The third kappa shape index (κ3) is 5.00. The molecule has 3 heterocycles. The summed E-state index contributed by atoms with van der Waals surface area (Å²) in [6, 6.07) is 16.4. The summed E-state index contributed by atoms with van der Waals surface area (Å²) < 4.78 is 7.02. The molecule has 1 N–H and O–H groups in total. The number of furan rings is 1. The van der Waals surface area contributed by atoms with E-state index in [0.29, 0.717) is 55.1 Å².